The Labute approximate surface area is 161 Å². The van der Waals surface area contributed by atoms with Crippen LogP contribution in [0.4, 0.5) is 0 Å². The second-order valence-corrected chi connectivity index (χ2v) is 8.34. The molecule has 0 aromatic carbocycles. The highest BCUT2D eigenvalue weighted by Gasteiger charge is 2.31. The molecule has 3 aliphatic rings. The van der Waals surface area contributed by atoms with Crippen molar-refractivity contribution in [1.29, 1.82) is 0 Å². The third-order valence-electron chi connectivity index (χ3n) is 6.27. The summed E-state index contributed by atoms with van der Waals surface area (Å²) in [4.78, 5) is 19.8. The molecule has 3 saturated heterocycles. The maximum atomic E-state index is 13.1. The lowest BCUT2D eigenvalue weighted by Crippen LogP contribution is -2.49. The molecule has 1 N–H and O–H groups in total. The van der Waals surface area contributed by atoms with Gasteiger partial charge in [0.05, 0.1) is 12.6 Å². The van der Waals surface area contributed by atoms with Crippen LogP contribution in [-0.2, 0) is 6.54 Å². The minimum atomic E-state index is -0.181. The van der Waals surface area contributed by atoms with Crippen molar-refractivity contribution in [1.82, 2.24) is 19.9 Å². The minimum Gasteiger partial charge on any atom is -0.393 e. The molecular weight excluding hydrogens is 344 g/mol. The predicted octanol–water partition coefficient (Wildman–Crippen LogP) is 1.72. The summed E-state index contributed by atoms with van der Waals surface area (Å²) < 4.78 is 5.46. The molecule has 0 spiro atoms. The van der Waals surface area contributed by atoms with E-state index < -0.39 is 0 Å². The zero-order chi connectivity index (χ0) is 18.6. The van der Waals surface area contributed by atoms with Gasteiger partial charge in [-0.3, -0.25) is 9.69 Å². The monoisotopic (exact) mass is 376 g/mol. The molecule has 150 valence electrons. The number of amides is 1. The van der Waals surface area contributed by atoms with E-state index >= 15 is 0 Å². The highest BCUT2D eigenvalue weighted by atomic mass is 16.5. The van der Waals surface area contributed by atoms with Crippen LogP contribution >= 0.6 is 0 Å². The van der Waals surface area contributed by atoms with Gasteiger partial charge in [-0.25, -0.2) is 0 Å². The number of hydrogen-bond acceptors (Lipinski definition) is 6. The third-order valence-corrected chi connectivity index (χ3v) is 6.27. The van der Waals surface area contributed by atoms with Gasteiger partial charge in [-0.2, -0.15) is 0 Å². The van der Waals surface area contributed by atoms with Crippen LogP contribution in [0.25, 0.3) is 0 Å². The number of carbonyl (C=O) groups excluding carboxylic acids is 1. The summed E-state index contributed by atoms with van der Waals surface area (Å²) in [5, 5.41) is 13.7. The number of aliphatic hydroxyl groups is 1. The fraction of sp³-hybridized carbons (Fsp3) is 0.800. The van der Waals surface area contributed by atoms with Gasteiger partial charge in [0.15, 0.2) is 11.5 Å². The van der Waals surface area contributed by atoms with Gasteiger partial charge in [-0.05, 0) is 58.0 Å². The van der Waals surface area contributed by atoms with Crippen molar-refractivity contribution in [3.63, 3.8) is 0 Å². The van der Waals surface area contributed by atoms with E-state index in [0.717, 1.165) is 70.7 Å². The van der Waals surface area contributed by atoms with Crippen molar-refractivity contribution in [2.75, 3.05) is 39.3 Å². The van der Waals surface area contributed by atoms with E-state index in [2.05, 4.69) is 15.0 Å². The molecule has 4 rings (SSSR count). The van der Waals surface area contributed by atoms with Gasteiger partial charge < -0.3 is 19.4 Å². The highest BCUT2D eigenvalue weighted by Crippen LogP contribution is 2.23. The minimum absolute atomic E-state index is 0.0166. The van der Waals surface area contributed by atoms with Gasteiger partial charge in [0.1, 0.15) is 0 Å². The van der Waals surface area contributed by atoms with Gasteiger partial charge in [-0.1, -0.05) is 5.16 Å². The van der Waals surface area contributed by atoms with Crippen molar-refractivity contribution in [3.05, 3.63) is 17.5 Å². The molecule has 7 nitrogen and oxygen atoms in total. The molecule has 27 heavy (non-hydrogen) atoms. The highest BCUT2D eigenvalue weighted by molar-refractivity contribution is 5.92. The summed E-state index contributed by atoms with van der Waals surface area (Å²) in [6.07, 6.45) is 7.33. The van der Waals surface area contributed by atoms with Crippen LogP contribution in [0.2, 0.25) is 0 Å². The van der Waals surface area contributed by atoms with E-state index in [4.69, 9.17) is 4.52 Å². The van der Waals surface area contributed by atoms with E-state index in [9.17, 15) is 9.90 Å². The Balaban J connectivity index is 1.36. The normalized spacial score (nSPS) is 26.0. The average Bonchev–Trinajstić information content (AvgIpc) is 3.36. The Kier molecular flexibility index (Phi) is 6.10. The van der Waals surface area contributed by atoms with Crippen LogP contribution in [0.1, 0.15) is 61.2 Å². The standard InChI is InChI=1S/C20H32N4O3/c25-17-6-11-23(12-7-17)15-18-13-19(21-27-18)20(26)24-10-2-1-5-16(24)14-22-8-3-4-9-22/h13,16-17,25H,1-12,14-15H2/t16-/m1/s1. The summed E-state index contributed by atoms with van der Waals surface area (Å²) in [6.45, 7) is 6.51. The summed E-state index contributed by atoms with van der Waals surface area (Å²) in [6, 6.07) is 2.11. The SMILES string of the molecule is O=C(c1cc(CN2CCC(O)CC2)on1)N1CCCC[C@@H]1CN1CCCC1. The first-order valence-electron chi connectivity index (χ1n) is 10.6. The molecule has 0 aliphatic carbocycles. The Morgan fingerprint density at radius 2 is 1.78 bits per heavy atom. The van der Waals surface area contributed by atoms with Crippen LogP contribution in [-0.4, -0.2) is 82.3 Å². The van der Waals surface area contributed by atoms with Crippen LogP contribution in [0.5, 0.6) is 0 Å². The van der Waals surface area contributed by atoms with E-state index in [1.165, 1.54) is 19.3 Å². The first kappa shape index (κ1) is 18.9. The zero-order valence-electron chi connectivity index (χ0n) is 16.2. The van der Waals surface area contributed by atoms with Gasteiger partial charge in [0, 0.05) is 38.3 Å². The lowest BCUT2D eigenvalue weighted by molar-refractivity contribution is 0.0549. The van der Waals surface area contributed by atoms with Crippen molar-refractivity contribution in [3.8, 4) is 0 Å². The number of hydrogen-bond donors (Lipinski definition) is 1. The van der Waals surface area contributed by atoms with Gasteiger partial charge in [-0.15, -0.1) is 0 Å². The van der Waals surface area contributed by atoms with Crippen LogP contribution in [0.15, 0.2) is 10.6 Å². The first-order valence-corrected chi connectivity index (χ1v) is 10.6. The molecular formula is C20H32N4O3. The maximum absolute atomic E-state index is 13.1. The zero-order valence-corrected chi connectivity index (χ0v) is 16.2. The van der Waals surface area contributed by atoms with E-state index in [1.807, 2.05) is 11.0 Å². The van der Waals surface area contributed by atoms with Crippen LogP contribution < -0.4 is 0 Å². The van der Waals surface area contributed by atoms with Crippen LogP contribution in [0, 0.1) is 0 Å². The van der Waals surface area contributed by atoms with Crippen LogP contribution in [0.3, 0.4) is 0 Å². The molecule has 1 aromatic heterocycles. The summed E-state index contributed by atoms with van der Waals surface area (Å²) in [7, 11) is 0. The Bertz CT molecular complexity index is 620. The molecule has 0 saturated carbocycles. The van der Waals surface area contributed by atoms with Gasteiger partial charge in [0.2, 0.25) is 0 Å². The summed E-state index contributed by atoms with van der Waals surface area (Å²) in [5.74, 6) is 0.755. The molecule has 1 amide bonds. The number of nitrogens with zero attached hydrogens (tertiary/aromatic N) is 4. The molecule has 0 unspecified atom stereocenters. The molecule has 3 aliphatic heterocycles. The third kappa shape index (κ3) is 4.70. The van der Waals surface area contributed by atoms with Crippen molar-refractivity contribution in [2.24, 2.45) is 0 Å². The van der Waals surface area contributed by atoms with Gasteiger partial charge >= 0.3 is 0 Å². The largest absolute Gasteiger partial charge is 0.393 e. The summed E-state index contributed by atoms with van der Waals surface area (Å²) in [5.41, 5.74) is 0.440. The van der Waals surface area contributed by atoms with E-state index in [1.54, 1.807) is 0 Å². The number of rotatable bonds is 5. The Hall–Kier alpha value is -1.44. The summed E-state index contributed by atoms with van der Waals surface area (Å²) >= 11 is 0. The topological polar surface area (TPSA) is 73.0 Å². The average molecular weight is 377 g/mol. The number of likely N-dealkylation sites (tertiary alicyclic amines) is 3. The van der Waals surface area contributed by atoms with Crippen molar-refractivity contribution >= 4 is 5.91 Å². The predicted molar refractivity (Wildman–Crippen MR) is 101 cm³/mol. The molecule has 1 atom stereocenters. The molecule has 7 heteroatoms. The first-order chi connectivity index (χ1) is 13.2. The Morgan fingerprint density at radius 1 is 1.04 bits per heavy atom. The molecule has 0 radical (unpaired) electrons. The quantitative estimate of drug-likeness (QED) is 0.844. The van der Waals surface area contributed by atoms with E-state index in [0.29, 0.717) is 18.3 Å². The van der Waals surface area contributed by atoms with Gasteiger partial charge in [0.25, 0.3) is 5.91 Å². The molecule has 3 fully saturated rings. The second-order valence-electron chi connectivity index (χ2n) is 8.34. The lowest BCUT2D eigenvalue weighted by Gasteiger charge is -2.37. The van der Waals surface area contributed by atoms with Crippen molar-refractivity contribution < 1.29 is 14.4 Å². The maximum Gasteiger partial charge on any atom is 0.276 e. The Morgan fingerprint density at radius 3 is 2.56 bits per heavy atom. The van der Waals surface area contributed by atoms with Crippen molar-refractivity contribution in [2.45, 2.75) is 63.6 Å². The second kappa shape index (κ2) is 8.71. The number of aliphatic hydroxyl groups excluding tert-OH is 1. The molecule has 4 heterocycles. The lowest BCUT2D eigenvalue weighted by atomic mass is 10.0. The number of carbonyl (C=O) groups is 1. The van der Waals surface area contributed by atoms with E-state index in [-0.39, 0.29) is 12.0 Å². The number of aromatic nitrogens is 1. The molecule has 0 bridgehead atoms. The fourth-order valence-electron chi connectivity index (χ4n) is 4.65. The fourth-order valence-corrected chi connectivity index (χ4v) is 4.65. The smallest absolute Gasteiger partial charge is 0.276 e. The molecule has 1 aromatic rings. The number of piperidine rings is 2.